The molecule has 1 atom stereocenters. The van der Waals surface area contributed by atoms with Gasteiger partial charge in [0, 0.05) is 19.3 Å². The Morgan fingerprint density at radius 3 is 0.891 bits per heavy atom. The predicted molar refractivity (Wildman–Crippen MR) is 233 cm³/mol. The van der Waals surface area contributed by atoms with Crippen molar-refractivity contribution >= 4 is 17.9 Å². The van der Waals surface area contributed by atoms with Crippen LogP contribution in [-0.4, -0.2) is 37.2 Å². The number of unbranched alkanes of at least 4 members (excludes halogenated alkanes) is 31. The van der Waals surface area contributed by atoms with Crippen molar-refractivity contribution in [3.05, 3.63) is 0 Å². The SMILES string of the molecule is CCCCCCCCCCCCCCCCC(=O)OC[C@@H](COC(=O)CCCCCCCCCCCCCC(C)C)OC(=O)CCCCCCCCCCC. The van der Waals surface area contributed by atoms with Crippen LogP contribution < -0.4 is 0 Å². The first-order valence-electron chi connectivity index (χ1n) is 24.4. The second-order valence-corrected chi connectivity index (χ2v) is 17.2. The number of hydrogen-bond acceptors (Lipinski definition) is 6. The summed E-state index contributed by atoms with van der Waals surface area (Å²) in [6, 6.07) is 0. The van der Waals surface area contributed by atoms with Crippen LogP contribution in [0.2, 0.25) is 0 Å². The van der Waals surface area contributed by atoms with E-state index in [9.17, 15) is 14.4 Å². The molecule has 0 saturated heterocycles. The van der Waals surface area contributed by atoms with Gasteiger partial charge >= 0.3 is 17.9 Å². The van der Waals surface area contributed by atoms with Crippen LogP contribution in [0.1, 0.15) is 272 Å². The molecular weight excluding hydrogens is 685 g/mol. The smallest absolute Gasteiger partial charge is 0.306 e. The molecule has 0 aromatic heterocycles. The van der Waals surface area contributed by atoms with E-state index in [-0.39, 0.29) is 31.1 Å². The fraction of sp³-hybridized carbons (Fsp3) is 0.939. The molecule has 0 aromatic rings. The molecule has 0 aliphatic rings. The zero-order valence-electron chi connectivity index (χ0n) is 37.4. The third kappa shape index (κ3) is 43.4. The molecule has 0 N–H and O–H groups in total. The van der Waals surface area contributed by atoms with Gasteiger partial charge in [-0.3, -0.25) is 14.4 Å². The molecule has 6 nitrogen and oxygen atoms in total. The Kier molecular flexibility index (Phi) is 42.3. The van der Waals surface area contributed by atoms with Crippen LogP contribution >= 0.6 is 0 Å². The number of ether oxygens (including phenoxy) is 3. The van der Waals surface area contributed by atoms with E-state index in [0.29, 0.717) is 19.3 Å². The molecular formula is C49H94O6. The van der Waals surface area contributed by atoms with Gasteiger partial charge in [0.05, 0.1) is 0 Å². The monoisotopic (exact) mass is 779 g/mol. The second kappa shape index (κ2) is 43.5. The predicted octanol–water partition coefficient (Wildman–Crippen LogP) is 15.5. The maximum Gasteiger partial charge on any atom is 0.306 e. The average molecular weight is 779 g/mol. The topological polar surface area (TPSA) is 78.9 Å². The number of carbonyl (C=O) groups excluding carboxylic acids is 3. The maximum atomic E-state index is 12.7. The number of carbonyl (C=O) groups is 3. The van der Waals surface area contributed by atoms with Crippen LogP contribution in [0.3, 0.4) is 0 Å². The molecule has 0 rings (SSSR count). The van der Waals surface area contributed by atoms with Gasteiger partial charge in [0.2, 0.25) is 0 Å². The Balaban J connectivity index is 4.27. The molecule has 0 aliphatic carbocycles. The number of esters is 3. The summed E-state index contributed by atoms with van der Waals surface area (Å²) in [6.45, 7) is 8.99. The van der Waals surface area contributed by atoms with E-state index in [4.69, 9.17) is 14.2 Å². The zero-order valence-corrected chi connectivity index (χ0v) is 37.4. The Morgan fingerprint density at radius 2 is 0.600 bits per heavy atom. The molecule has 0 radical (unpaired) electrons. The Labute approximate surface area is 342 Å². The van der Waals surface area contributed by atoms with E-state index < -0.39 is 6.10 Å². The zero-order chi connectivity index (χ0) is 40.3. The lowest BCUT2D eigenvalue weighted by Gasteiger charge is -2.18. The molecule has 0 heterocycles. The molecule has 326 valence electrons. The lowest BCUT2D eigenvalue weighted by atomic mass is 10.0. The highest BCUT2D eigenvalue weighted by Crippen LogP contribution is 2.16. The van der Waals surface area contributed by atoms with Crippen LogP contribution in [0.4, 0.5) is 0 Å². The van der Waals surface area contributed by atoms with Gasteiger partial charge in [-0.2, -0.15) is 0 Å². The largest absolute Gasteiger partial charge is 0.462 e. The molecule has 0 amide bonds. The van der Waals surface area contributed by atoms with Gasteiger partial charge in [-0.25, -0.2) is 0 Å². The minimum atomic E-state index is -0.759. The molecule has 0 fully saturated rings. The van der Waals surface area contributed by atoms with Gasteiger partial charge in [0.15, 0.2) is 6.10 Å². The quantitative estimate of drug-likeness (QED) is 0.0348. The third-order valence-corrected chi connectivity index (χ3v) is 11.0. The molecule has 0 aliphatic heterocycles. The van der Waals surface area contributed by atoms with Gasteiger partial charge in [-0.15, -0.1) is 0 Å². The fourth-order valence-corrected chi connectivity index (χ4v) is 7.33. The summed E-state index contributed by atoms with van der Waals surface area (Å²) in [4.78, 5) is 37.8. The van der Waals surface area contributed by atoms with Crippen LogP contribution in [0.25, 0.3) is 0 Å². The highest BCUT2D eigenvalue weighted by molar-refractivity contribution is 5.71. The average Bonchev–Trinajstić information content (AvgIpc) is 3.17. The van der Waals surface area contributed by atoms with E-state index in [1.165, 1.54) is 167 Å². The van der Waals surface area contributed by atoms with Gasteiger partial charge in [0.1, 0.15) is 13.2 Å². The first-order valence-corrected chi connectivity index (χ1v) is 24.4. The first-order chi connectivity index (χ1) is 26.9. The van der Waals surface area contributed by atoms with Crippen LogP contribution in [0, 0.1) is 5.92 Å². The van der Waals surface area contributed by atoms with E-state index in [0.717, 1.165) is 63.7 Å². The lowest BCUT2D eigenvalue weighted by molar-refractivity contribution is -0.167. The van der Waals surface area contributed by atoms with Crippen molar-refractivity contribution in [1.82, 2.24) is 0 Å². The molecule has 55 heavy (non-hydrogen) atoms. The Morgan fingerprint density at radius 1 is 0.345 bits per heavy atom. The summed E-state index contributed by atoms with van der Waals surface area (Å²) in [6.07, 6.45) is 43.7. The fourth-order valence-electron chi connectivity index (χ4n) is 7.33. The highest BCUT2D eigenvalue weighted by Gasteiger charge is 2.19. The first kappa shape index (κ1) is 53.4. The minimum absolute atomic E-state index is 0.0633. The molecule has 0 aromatic carbocycles. The summed E-state index contributed by atoms with van der Waals surface area (Å²) >= 11 is 0. The van der Waals surface area contributed by atoms with Crippen molar-refractivity contribution in [2.24, 2.45) is 5.92 Å². The van der Waals surface area contributed by atoms with Gasteiger partial charge in [-0.1, -0.05) is 233 Å². The summed E-state index contributed by atoms with van der Waals surface area (Å²) < 4.78 is 16.7. The normalized spacial score (nSPS) is 11.9. The van der Waals surface area contributed by atoms with Crippen molar-refractivity contribution in [3.8, 4) is 0 Å². The van der Waals surface area contributed by atoms with E-state index in [1.807, 2.05) is 0 Å². The highest BCUT2D eigenvalue weighted by atomic mass is 16.6. The molecule has 0 saturated carbocycles. The minimum Gasteiger partial charge on any atom is -0.462 e. The second-order valence-electron chi connectivity index (χ2n) is 17.2. The summed E-state index contributed by atoms with van der Waals surface area (Å²) in [7, 11) is 0. The Bertz CT molecular complexity index is 826. The molecule has 6 heteroatoms. The number of rotatable bonds is 44. The molecule has 0 unspecified atom stereocenters. The summed E-state index contributed by atoms with van der Waals surface area (Å²) in [5.74, 6) is -0.0244. The van der Waals surface area contributed by atoms with Gasteiger partial charge in [-0.05, 0) is 25.2 Å². The maximum absolute atomic E-state index is 12.7. The summed E-state index contributed by atoms with van der Waals surface area (Å²) in [5.41, 5.74) is 0. The van der Waals surface area contributed by atoms with E-state index in [1.54, 1.807) is 0 Å². The van der Waals surface area contributed by atoms with Crippen LogP contribution in [-0.2, 0) is 28.6 Å². The number of hydrogen-bond donors (Lipinski definition) is 0. The summed E-state index contributed by atoms with van der Waals surface area (Å²) in [5, 5.41) is 0. The van der Waals surface area contributed by atoms with Crippen molar-refractivity contribution in [2.75, 3.05) is 13.2 Å². The van der Waals surface area contributed by atoms with Crippen molar-refractivity contribution in [2.45, 2.75) is 278 Å². The molecule has 0 spiro atoms. The van der Waals surface area contributed by atoms with Crippen LogP contribution in [0.15, 0.2) is 0 Å². The van der Waals surface area contributed by atoms with Crippen molar-refractivity contribution in [1.29, 1.82) is 0 Å². The lowest BCUT2D eigenvalue weighted by Crippen LogP contribution is -2.30. The van der Waals surface area contributed by atoms with Gasteiger partial charge in [0.25, 0.3) is 0 Å². The van der Waals surface area contributed by atoms with Crippen molar-refractivity contribution in [3.63, 3.8) is 0 Å². The van der Waals surface area contributed by atoms with Gasteiger partial charge < -0.3 is 14.2 Å². The van der Waals surface area contributed by atoms with Crippen LogP contribution in [0.5, 0.6) is 0 Å². The standard InChI is InChI=1S/C49H94O6/c1-5-7-9-11-13-15-16-17-18-21-25-28-32-36-40-47(50)53-43-46(55-49(52)42-38-34-30-23-14-12-10-8-6-2)44-54-48(51)41-37-33-29-26-22-19-20-24-27-31-35-39-45(3)4/h45-46H,5-44H2,1-4H3/t46-/m0/s1. The van der Waals surface area contributed by atoms with E-state index in [2.05, 4.69) is 27.7 Å². The third-order valence-electron chi connectivity index (χ3n) is 11.0. The van der Waals surface area contributed by atoms with Crippen molar-refractivity contribution < 1.29 is 28.6 Å². The van der Waals surface area contributed by atoms with E-state index >= 15 is 0 Å². The Hall–Kier alpha value is -1.59. The molecule has 0 bridgehead atoms.